The molecule has 0 aliphatic heterocycles. The highest BCUT2D eigenvalue weighted by molar-refractivity contribution is 9.10. The first-order valence-corrected chi connectivity index (χ1v) is 4.96. The van der Waals surface area contributed by atoms with Crippen LogP contribution in [-0.2, 0) is 0 Å². The van der Waals surface area contributed by atoms with Gasteiger partial charge in [0.15, 0.2) is 0 Å². The van der Waals surface area contributed by atoms with Crippen LogP contribution >= 0.6 is 27.5 Å². The third-order valence-corrected chi connectivity index (χ3v) is 3.03. The number of rotatable bonds is 1. The van der Waals surface area contributed by atoms with Gasteiger partial charge in [-0.25, -0.2) is 0 Å². The lowest BCUT2D eigenvalue weighted by molar-refractivity contribution is 0.417. The average Bonchev–Trinajstić information content (AvgIpc) is 2.52. The molecule has 62 valence electrons. The highest BCUT2D eigenvalue weighted by Gasteiger charge is 2.06. The van der Waals surface area contributed by atoms with E-state index in [4.69, 9.17) is 4.74 Å². The van der Waals surface area contributed by atoms with Crippen molar-refractivity contribution in [2.75, 3.05) is 7.11 Å². The minimum Gasteiger partial charge on any atom is -0.495 e. The lowest BCUT2D eigenvalue weighted by atomic mass is 10.2. The van der Waals surface area contributed by atoms with Gasteiger partial charge in [0, 0.05) is 0 Å². The number of benzene rings is 1. The van der Waals surface area contributed by atoms with Gasteiger partial charge in [-0.05, 0) is 39.6 Å². The molecule has 0 aliphatic rings. The zero-order valence-corrected chi connectivity index (χ0v) is 8.78. The van der Waals surface area contributed by atoms with E-state index >= 15 is 0 Å². The summed E-state index contributed by atoms with van der Waals surface area (Å²) in [4.78, 5) is 0. The molecular weight excluding hydrogens is 238 g/mol. The Morgan fingerprint density at radius 2 is 2.33 bits per heavy atom. The van der Waals surface area contributed by atoms with Gasteiger partial charge in [0.25, 0.3) is 0 Å². The molecule has 2 nitrogen and oxygen atoms in total. The molecule has 0 fully saturated rings. The van der Waals surface area contributed by atoms with Gasteiger partial charge in [-0.1, -0.05) is 0 Å². The Hall–Kier alpha value is -0.610. The molecule has 0 aliphatic carbocycles. The number of hydrogen-bond acceptors (Lipinski definition) is 3. The molecule has 0 radical (unpaired) electrons. The smallest absolute Gasteiger partial charge is 0.143 e. The first-order chi connectivity index (χ1) is 5.83. The molecule has 0 saturated carbocycles. The van der Waals surface area contributed by atoms with Gasteiger partial charge in [-0.15, -0.1) is 0 Å². The van der Waals surface area contributed by atoms with Crippen molar-refractivity contribution < 1.29 is 4.74 Å². The van der Waals surface area contributed by atoms with Crippen LogP contribution in [-0.4, -0.2) is 11.5 Å². The predicted molar refractivity (Wildman–Crippen MR) is 53.9 cm³/mol. The molecule has 2 aromatic rings. The fraction of sp³-hybridized carbons (Fsp3) is 0.125. The van der Waals surface area contributed by atoms with Gasteiger partial charge in [-0.3, -0.25) is 0 Å². The van der Waals surface area contributed by atoms with Crippen LogP contribution in [0.5, 0.6) is 5.75 Å². The maximum absolute atomic E-state index is 5.24. The van der Waals surface area contributed by atoms with E-state index in [-0.39, 0.29) is 0 Å². The summed E-state index contributed by atoms with van der Waals surface area (Å²) < 4.78 is 11.4. The molecule has 0 N–H and O–H groups in total. The summed E-state index contributed by atoms with van der Waals surface area (Å²) in [6.45, 7) is 0. The summed E-state index contributed by atoms with van der Waals surface area (Å²) in [5.74, 6) is 0.862. The first kappa shape index (κ1) is 8.01. The highest BCUT2D eigenvalue weighted by atomic mass is 79.9. The van der Waals surface area contributed by atoms with Crippen LogP contribution in [0.1, 0.15) is 0 Å². The fourth-order valence-electron chi connectivity index (χ4n) is 1.10. The van der Waals surface area contributed by atoms with Gasteiger partial charge >= 0.3 is 0 Å². The zero-order valence-electron chi connectivity index (χ0n) is 6.37. The van der Waals surface area contributed by atoms with Gasteiger partial charge in [0.2, 0.25) is 0 Å². The van der Waals surface area contributed by atoms with E-state index < -0.39 is 0 Å². The number of fused-ring (bicyclic) bond motifs is 1. The molecule has 0 unspecified atom stereocenters. The number of ether oxygens (including phenoxy) is 1. The summed E-state index contributed by atoms with van der Waals surface area (Å²) >= 11 is 4.89. The van der Waals surface area contributed by atoms with Crippen LogP contribution in [0.25, 0.3) is 10.1 Å². The lowest BCUT2D eigenvalue weighted by Gasteiger charge is -2.02. The van der Waals surface area contributed by atoms with Crippen molar-refractivity contribution >= 4 is 37.5 Å². The van der Waals surface area contributed by atoms with E-state index in [1.54, 1.807) is 7.11 Å². The molecule has 12 heavy (non-hydrogen) atoms. The molecule has 0 bridgehead atoms. The summed E-state index contributed by atoms with van der Waals surface area (Å²) in [6.07, 6.45) is 1.82. The van der Waals surface area contributed by atoms with Crippen molar-refractivity contribution in [3.8, 4) is 5.75 Å². The van der Waals surface area contributed by atoms with Crippen LogP contribution in [0.2, 0.25) is 0 Å². The minimum atomic E-state index is 0.862. The van der Waals surface area contributed by atoms with Gasteiger partial charge in [0.05, 0.1) is 27.9 Å². The van der Waals surface area contributed by atoms with E-state index in [2.05, 4.69) is 20.3 Å². The van der Waals surface area contributed by atoms with Crippen molar-refractivity contribution in [1.82, 2.24) is 4.37 Å². The second-order valence-electron chi connectivity index (χ2n) is 2.32. The number of methoxy groups -OCH3 is 1. The normalized spacial score (nSPS) is 10.5. The summed E-state index contributed by atoms with van der Waals surface area (Å²) in [5, 5.41) is 1.07. The number of nitrogens with zero attached hydrogens (tertiary/aromatic N) is 1. The second-order valence-corrected chi connectivity index (χ2v) is 4.01. The number of hydrogen-bond donors (Lipinski definition) is 0. The van der Waals surface area contributed by atoms with Crippen LogP contribution in [0.3, 0.4) is 0 Å². The van der Waals surface area contributed by atoms with Crippen molar-refractivity contribution in [1.29, 1.82) is 0 Å². The lowest BCUT2D eigenvalue weighted by Crippen LogP contribution is -1.83. The van der Waals surface area contributed by atoms with Crippen LogP contribution in [0, 0.1) is 0 Å². The summed E-state index contributed by atoms with van der Waals surface area (Å²) in [5.41, 5.74) is 0. The van der Waals surface area contributed by atoms with Gasteiger partial charge in [0.1, 0.15) is 5.75 Å². The molecule has 1 aromatic heterocycles. The van der Waals surface area contributed by atoms with Crippen molar-refractivity contribution in [2.24, 2.45) is 0 Å². The Morgan fingerprint density at radius 1 is 1.50 bits per heavy atom. The Morgan fingerprint density at radius 3 is 3.08 bits per heavy atom. The minimum absolute atomic E-state index is 0.862. The largest absolute Gasteiger partial charge is 0.495 e. The maximum Gasteiger partial charge on any atom is 0.143 e. The van der Waals surface area contributed by atoms with E-state index in [1.807, 2.05) is 18.3 Å². The zero-order chi connectivity index (χ0) is 8.55. The van der Waals surface area contributed by atoms with Crippen LogP contribution in [0.4, 0.5) is 0 Å². The van der Waals surface area contributed by atoms with E-state index in [0.717, 1.165) is 20.3 Å². The molecule has 0 atom stereocenters. The third-order valence-electron chi connectivity index (χ3n) is 1.65. The molecule has 0 saturated heterocycles. The van der Waals surface area contributed by atoms with E-state index in [0.29, 0.717) is 0 Å². The van der Waals surface area contributed by atoms with Crippen molar-refractivity contribution in [3.05, 3.63) is 22.8 Å². The third kappa shape index (κ3) is 1.11. The van der Waals surface area contributed by atoms with Crippen molar-refractivity contribution in [2.45, 2.75) is 0 Å². The first-order valence-electron chi connectivity index (χ1n) is 3.40. The topological polar surface area (TPSA) is 22.1 Å². The van der Waals surface area contributed by atoms with Crippen molar-refractivity contribution in [3.63, 3.8) is 0 Å². The Labute approximate surface area is 82.5 Å². The SMILES string of the molecule is COc1c(Br)ccc2sncc12. The quantitative estimate of drug-likeness (QED) is 0.769. The van der Waals surface area contributed by atoms with Gasteiger partial charge < -0.3 is 4.74 Å². The molecule has 1 aromatic carbocycles. The average molecular weight is 244 g/mol. The molecule has 4 heteroatoms. The monoisotopic (exact) mass is 243 g/mol. The fourth-order valence-corrected chi connectivity index (χ4v) is 2.25. The maximum atomic E-state index is 5.24. The second kappa shape index (κ2) is 3.03. The highest BCUT2D eigenvalue weighted by Crippen LogP contribution is 2.34. The molecule has 2 rings (SSSR count). The molecule has 0 spiro atoms. The number of halogens is 1. The number of aromatic nitrogens is 1. The van der Waals surface area contributed by atoms with E-state index in [1.165, 1.54) is 11.5 Å². The Bertz CT molecular complexity index is 412. The predicted octanol–water partition coefficient (Wildman–Crippen LogP) is 3.07. The van der Waals surface area contributed by atoms with Crippen LogP contribution < -0.4 is 4.74 Å². The molecule has 0 amide bonds. The molecule has 1 heterocycles. The van der Waals surface area contributed by atoms with Crippen LogP contribution in [0.15, 0.2) is 22.8 Å². The van der Waals surface area contributed by atoms with Gasteiger partial charge in [-0.2, -0.15) is 4.37 Å². The standard InChI is InChI=1S/C8H6BrNOS/c1-11-8-5-4-10-12-7(5)3-2-6(8)9/h2-4H,1H3. The summed E-state index contributed by atoms with van der Waals surface area (Å²) in [7, 11) is 1.66. The Kier molecular flexibility index (Phi) is 2.02. The molecular formula is C8H6BrNOS. The van der Waals surface area contributed by atoms with E-state index in [9.17, 15) is 0 Å². The Balaban J connectivity index is 2.83. The summed E-state index contributed by atoms with van der Waals surface area (Å²) in [6, 6.07) is 4.00.